The molecule has 0 aliphatic carbocycles. The highest BCUT2D eigenvalue weighted by Crippen LogP contribution is 2.42. The fourth-order valence-corrected chi connectivity index (χ4v) is 5.20. The number of carbonyl (C=O) groups is 1. The van der Waals surface area contributed by atoms with Gasteiger partial charge in [-0.05, 0) is 37.1 Å². The van der Waals surface area contributed by atoms with E-state index in [1.165, 1.54) is 11.4 Å². The molecule has 6 heteroatoms. The summed E-state index contributed by atoms with van der Waals surface area (Å²) >= 11 is 0. The van der Waals surface area contributed by atoms with Crippen LogP contribution in [-0.2, 0) is 14.8 Å². The lowest BCUT2D eigenvalue weighted by molar-refractivity contribution is -0.112. The second-order valence-corrected chi connectivity index (χ2v) is 9.24. The maximum absolute atomic E-state index is 13.4. The average molecular weight is 419 g/mol. The largest absolute Gasteiger partial charge is 0.321 e. The number of para-hydroxylation sites is 1. The molecule has 152 valence electrons. The smallest absolute Gasteiger partial charge is 0.270 e. The molecule has 0 saturated heterocycles. The Labute approximate surface area is 176 Å². The Hall–Kier alpha value is -3.38. The molecule has 1 aliphatic heterocycles. The number of nitrogens with one attached hydrogen (secondary N) is 1. The van der Waals surface area contributed by atoms with Crippen molar-refractivity contribution in [1.82, 2.24) is 0 Å². The molecule has 0 spiro atoms. The normalized spacial score (nSPS) is 15.0. The van der Waals surface area contributed by atoms with Crippen molar-refractivity contribution in [1.29, 1.82) is 0 Å². The monoisotopic (exact) mass is 418 g/mol. The third kappa shape index (κ3) is 3.29. The predicted molar refractivity (Wildman–Crippen MR) is 121 cm³/mol. The van der Waals surface area contributed by atoms with Gasteiger partial charge in [-0.1, -0.05) is 66.2 Å². The van der Waals surface area contributed by atoms with E-state index < -0.39 is 15.9 Å². The van der Waals surface area contributed by atoms with Gasteiger partial charge in [0.25, 0.3) is 15.9 Å². The first-order valence-electron chi connectivity index (χ1n) is 9.57. The summed E-state index contributed by atoms with van der Waals surface area (Å²) in [4.78, 5) is 13.1. The molecular weight excluding hydrogens is 396 g/mol. The van der Waals surface area contributed by atoms with Crippen LogP contribution >= 0.6 is 0 Å². The lowest BCUT2D eigenvalue weighted by Gasteiger charge is -2.31. The van der Waals surface area contributed by atoms with Crippen LogP contribution < -0.4 is 9.62 Å². The zero-order valence-electron chi connectivity index (χ0n) is 17.0. The summed E-state index contributed by atoms with van der Waals surface area (Å²) < 4.78 is 28.0. The van der Waals surface area contributed by atoms with Gasteiger partial charge in [0, 0.05) is 23.9 Å². The lowest BCUT2D eigenvalue weighted by atomic mass is 9.95. The maximum atomic E-state index is 13.4. The molecule has 5 nitrogen and oxygen atoms in total. The molecule has 1 N–H and O–H groups in total. The first kappa shape index (κ1) is 19.9. The Morgan fingerprint density at radius 2 is 1.57 bits per heavy atom. The topological polar surface area (TPSA) is 66.5 Å². The Morgan fingerprint density at radius 3 is 2.27 bits per heavy atom. The highest BCUT2D eigenvalue weighted by Gasteiger charge is 2.39. The van der Waals surface area contributed by atoms with Gasteiger partial charge in [0.2, 0.25) is 0 Å². The first-order chi connectivity index (χ1) is 14.3. The average Bonchev–Trinajstić information content (AvgIpc) is 2.73. The minimum atomic E-state index is -4.05. The molecule has 3 aromatic carbocycles. The van der Waals surface area contributed by atoms with Crippen molar-refractivity contribution in [2.24, 2.45) is 0 Å². The Kier molecular flexibility index (Phi) is 4.95. The van der Waals surface area contributed by atoms with Gasteiger partial charge < -0.3 is 5.32 Å². The van der Waals surface area contributed by atoms with Crippen LogP contribution in [0.25, 0.3) is 5.57 Å². The lowest BCUT2D eigenvalue weighted by Crippen LogP contribution is -2.37. The fourth-order valence-electron chi connectivity index (χ4n) is 3.73. The van der Waals surface area contributed by atoms with Gasteiger partial charge in [0.05, 0.1) is 5.69 Å². The van der Waals surface area contributed by atoms with E-state index in [-0.39, 0.29) is 4.91 Å². The Morgan fingerprint density at radius 1 is 0.900 bits per heavy atom. The zero-order valence-corrected chi connectivity index (χ0v) is 17.8. The molecule has 0 bridgehead atoms. The minimum Gasteiger partial charge on any atom is -0.321 e. The minimum absolute atomic E-state index is 0.255. The SMILES string of the molecule is Cc1ccc(NC(=O)C2=C(c3ccccc3)c3ccccc3N(C)S2(=O)=O)c(C)c1. The number of carbonyl (C=O) groups excluding carboxylic acids is 1. The third-order valence-electron chi connectivity index (χ3n) is 5.26. The van der Waals surface area contributed by atoms with Gasteiger partial charge >= 0.3 is 0 Å². The van der Waals surface area contributed by atoms with E-state index >= 15 is 0 Å². The molecule has 0 radical (unpaired) electrons. The standard InChI is InChI=1S/C24H22N2O3S/c1-16-13-14-20(17(2)15-16)25-24(27)23-22(18-9-5-4-6-10-18)19-11-7-8-12-21(19)26(3)30(23,28)29/h4-15H,1-3H3,(H,25,27). The van der Waals surface area contributed by atoms with Crippen LogP contribution in [-0.4, -0.2) is 21.4 Å². The van der Waals surface area contributed by atoms with Gasteiger partial charge in [-0.25, -0.2) is 8.42 Å². The van der Waals surface area contributed by atoms with Gasteiger partial charge in [0.1, 0.15) is 0 Å². The number of hydrogen-bond acceptors (Lipinski definition) is 3. The molecule has 1 aliphatic rings. The van der Waals surface area contributed by atoms with Gasteiger partial charge in [-0.3, -0.25) is 9.10 Å². The van der Waals surface area contributed by atoms with Crippen molar-refractivity contribution in [2.75, 3.05) is 16.7 Å². The molecule has 0 fully saturated rings. The molecule has 4 rings (SSSR count). The van der Waals surface area contributed by atoms with E-state index in [2.05, 4.69) is 5.32 Å². The van der Waals surface area contributed by atoms with Crippen molar-refractivity contribution in [2.45, 2.75) is 13.8 Å². The summed E-state index contributed by atoms with van der Waals surface area (Å²) in [5, 5.41) is 2.81. The van der Waals surface area contributed by atoms with Crippen LogP contribution in [0.3, 0.4) is 0 Å². The van der Waals surface area contributed by atoms with Gasteiger partial charge in [-0.2, -0.15) is 0 Å². The zero-order chi connectivity index (χ0) is 21.5. The van der Waals surface area contributed by atoms with Crippen molar-refractivity contribution in [3.63, 3.8) is 0 Å². The molecule has 30 heavy (non-hydrogen) atoms. The van der Waals surface area contributed by atoms with Crippen molar-refractivity contribution in [3.05, 3.63) is 100.0 Å². The number of rotatable bonds is 3. The highest BCUT2D eigenvalue weighted by molar-refractivity contribution is 7.97. The number of nitrogens with zero attached hydrogens (tertiary/aromatic N) is 1. The summed E-state index contributed by atoms with van der Waals surface area (Å²) in [7, 11) is -2.58. The molecule has 0 unspecified atom stereocenters. The Balaban J connectivity index is 1.96. The van der Waals surface area contributed by atoms with Crippen LogP contribution in [0.2, 0.25) is 0 Å². The quantitative estimate of drug-likeness (QED) is 0.682. The van der Waals surface area contributed by atoms with Crippen LogP contribution in [0, 0.1) is 13.8 Å². The number of hydrogen-bond donors (Lipinski definition) is 1. The van der Waals surface area contributed by atoms with Gasteiger partial charge in [-0.15, -0.1) is 0 Å². The fraction of sp³-hybridized carbons (Fsp3) is 0.125. The summed E-state index contributed by atoms with van der Waals surface area (Å²) in [6, 6.07) is 22.0. The summed E-state index contributed by atoms with van der Waals surface area (Å²) in [6.07, 6.45) is 0. The number of amides is 1. The summed E-state index contributed by atoms with van der Waals surface area (Å²) in [5.74, 6) is -0.651. The molecule has 0 aromatic heterocycles. The van der Waals surface area contributed by atoms with Crippen molar-refractivity contribution in [3.8, 4) is 0 Å². The maximum Gasteiger partial charge on any atom is 0.270 e. The molecule has 1 heterocycles. The van der Waals surface area contributed by atoms with E-state index in [4.69, 9.17) is 0 Å². The van der Waals surface area contributed by atoms with E-state index in [1.54, 1.807) is 18.2 Å². The van der Waals surface area contributed by atoms with Crippen LogP contribution in [0.1, 0.15) is 22.3 Å². The van der Waals surface area contributed by atoms with Gasteiger partial charge in [0.15, 0.2) is 4.91 Å². The van der Waals surface area contributed by atoms with Crippen molar-refractivity contribution < 1.29 is 13.2 Å². The van der Waals surface area contributed by atoms with E-state index in [0.717, 1.165) is 11.1 Å². The Bertz CT molecular complexity index is 1280. The second kappa shape index (κ2) is 7.46. The van der Waals surface area contributed by atoms with E-state index in [0.29, 0.717) is 28.1 Å². The predicted octanol–water partition coefficient (Wildman–Crippen LogP) is 4.48. The van der Waals surface area contributed by atoms with E-state index in [9.17, 15) is 13.2 Å². The number of fused-ring (bicyclic) bond motifs is 1. The number of benzene rings is 3. The number of aryl methyl sites for hydroxylation is 2. The second-order valence-electron chi connectivity index (χ2n) is 7.33. The highest BCUT2D eigenvalue weighted by atomic mass is 32.2. The van der Waals surface area contributed by atoms with E-state index in [1.807, 2.05) is 68.4 Å². The first-order valence-corrected chi connectivity index (χ1v) is 11.0. The number of anilines is 2. The van der Waals surface area contributed by atoms with Crippen LogP contribution in [0.4, 0.5) is 11.4 Å². The molecule has 3 aromatic rings. The summed E-state index contributed by atoms with van der Waals surface area (Å²) in [5.41, 5.74) is 4.84. The summed E-state index contributed by atoms with van der Waals surface area (Å²) in [6.45, 7) is 3.85. The third-order valence-corrected chi connectivity index (χ3v) is 7.08. The molecule has 0 saturated carbocycles. The van der Waals surface area contributed by atoms with Crippen molar-refractivity contribution >= 4 is 32.9 Å². The molecule has 0 atom stereocenters. The number of sulfonamides is 1. The molecule has 1 amide bonds. The van der Waals surface area contributed by atoms with Crippen LogP contribution in [0.15, 0.2) is 77.7 Å². The van der Waals surface area contributed by atoms with Crippen LogP contribution in [0.5, 0.6) is 0 Å². The molecular formula is C24H22N2O3S.